The number of Topliss-reactive ketones (excluding diaryl/α,β-unsaturated/α-hetero) is 1. The van der Waals surface area contributed by atoms with E-state index in [4.69, 9.17) is 23.2 Å². The minimum atomic E-state index is -0.113. The summed E-state index contributed by atoms with van der Waals surface area (Å²) in [6.45, 7) is 0. The van der Waals surface area contributed by atoms with Gasteiger partial charge in [-0.25, -0.2) is 0 Å². The Kier molecular flexibility index (Phi) is 4.17. The van der Waals surface area contributed by atoms with Crippen LogP contribution in [-0.4, -0.2) is 11.5 Å². The monoisotopic (exact) mass is 373 g/mol. The number of hydrogen-bond acceptors (Lipinski definition) is 3. The summed E-state index contributed by atoms with van der Waals surface area (Å²) in [4.78, 5) is 12.7. The molecule has 1 N–H and O–H groups in total. The van der Waals surface area contributed by atoms with Crippen molar-refractivity contribution >= 4 is 57.2 Å². The van der Waals surface area contributed by atoms with Gasteiger partial charge in [-0.3, -0.25) is 4.79 Å². The summed E-state index contributed by atoms with van der Waals surface area (Å²) in [5.41, 5.74) is 2.64. The van der Waals surface area contributed by atoms with Gasteiger partial charge in [0.15, 0.2) is 5.78 Å². The van der Waals surface area contributed by atoms with E-state index in [0.717, 1.165) is 27.6 Å². The fraction of sp³-hybridized carbons (Fsp3) is 0.105. The molecule has 0 aliphatic carbocycles. The summed E-state index contributed by atoms with van der Waals surface area (Å²) in [6.07, 6.45) is 0. The second-order valence-corrected chi connectivity index (χ2v) is 7.57. The van der Waals surface area contributed by atoms with Crippen molar-refractivity contribution < 1.29 is 4.79 Å². The number of hydrogen-bond donors (Lipinski definition) is 1. The fourth-order valence-electron chi connectivity index (χ4n) is 2.99. The largest absolute Gasteiger partial charge is 0.369 e. The van der Waals surface area contributed by atoms with Crippen molar-refractivity contribution in [2.75, 3.05) is 11.1 Å². The molecule has 24 heavy (non-hydrogen) atoms. The number of carbonyl (C=O) groups is 1. The van der Waals surface area contributed by atoms with E-state index in [-0.39, 0.29) is 11.2 Å². The van der Waals surface area contributed by atoms with Crippen molar-refractivity contribution in [2.24, 2.45) is 0 Å². The number of anilines is 1. The first-order valence-corrected chi connectivity index (χ1v) is 9.32. The van der Waals surface area contributed by atoms with Crippen molar-refractivity contribution in [1.82, 2.24) is 0 Å². The predicted molar refractivity (Wildman–Crippen MR) is 104 cm³/mol. The van der Waals surface area contributed by atoms with Crippen LogP contribution in [0, 0.1) is 0 Å². The molecule has 1 aliphatic heterocycles. The first kappa shape index (κ1) is 15.8. The van der Waals surface area contributed by atoms with Crippen molar-refractivity contribution in [1.29, 1.82) is 0 Å². The highest BCUT2D eigenvalue weighted by Crippen LogP contribution is 2.40. The number of carbonyl (C=O) groups excluding carboxylic acids is 1. The Balaban J connectivity index is 1.87. The Labute approximate surface area is 154 Å². The molecule has 2 nitrogen and oxygen atoms in total. The highest BCUT2D eigenvalue weighted by atomic mass is 35.5. The fourth-order valence-corrected chi connectivity index (χ4v) is 4.65. The minimum Gasteiger partial charge on any atom is -0.369 e. The lowest BCUT2D eigenvalue weighted by atomic mass is 10.00. The molecular formula is C19H13Cl2NOS. The third-order valence-electron chi connectivity index (χ3n) is 4.12. The summed E-state index contributed by atoms with van der Waals surface area (Å²) in [5, 5.41) is 6.66. The third kappa shape index (κ3) is 2.77. The summed E-state index contributed by atoms with van der Waals surface area (Å²) in [6, 6.07) is 17.3. The molecule has 3 aromatic carbocycles. The van der Waals surface area contributed by atoms with Gasteiger partial charge in [-0.2, -0.15) is 0 Å². The van der Waals surface area contributed by atoms with Crippen LogP contribution in [0.2, 0.25) is 10.0 Å². The average molecular weight is 374 g/mol. The normalized spacial score (nSPS) is 17.2. The highest BCUT2D eigenvalue weighted by Gasteiger charge is 2.23. The number of thioether (sulfide) groups is 1. The number of ketones is 1. The lowest BCUT2D eigenvalue weighted by Gasteiger charge is -2.25. The third-order valence-corrected chi connectivity index (χ3v) is 5.81. The molecule has 5 heteroatoms. The molecule has 0 radical (unpaired) electrons. The molecule has 0 bridgehead atoms. The summed E-state index contributed by atoms with van der Waals surface area (Å²) in [5.74, 6) is 0.527. The zero-order valence-electron chi connectivity index (χ0n) is 12.6. The minimum absolute atomic E-state index is 0.113. The molecule has 1 heterocycles. The smallest absolute Gasteiger partial charge is 0.173 e. The highest BCUT2D eigenvalue weighted by molar-refractivity contribution is 8.00. The van der Waals surface area contributed by atoms with Crippen LogP contribution in [0.5, 0.6) is 0 Å². The van der Waals surface area contributed by atoms with Crippen LogP contribution in [0.1, 0.15) is 21.3 Å². The Morgan fingerprint density at radius 1 is 1.04 bits per heavy atom. The summed E-state index contributed by atoms with van der Waals surface area (Å²) >= 11 is 13.9. The quantitative estimate of drug-likeness (QED) is 0.551. The van der Waals surface area contributed by atoms with Gasteiger partial charge in [0.1, 0.15) is 0 Å². The molecule has 0 amide bonds. The lowest BCUT2D eigenvalue weighted by Crippen LogP contribution is -2.15. The van der Waals surface area contributed by atoms with Crippen LogP contribution in [0.3, 0.4) is 0 Å². The first-order valence-electron chi connectivity index (χ1n) is 7.51. The van der Waals surface area contributed by atoms with E-state index in [1.165, 1.54) is 11.8 Å². The van der Waals surface area contributed by atoms with Gasteiger partial charge in [0.2, 0.25) is 0 Å². The van der Waals surface area contributed by atoms with Gasteiger partial charge in [0, 0.05) is 32.2 Å². The molecule has 1 atom stereocenters. The standard InChI is InChI=1S/C19H13Cl2NOS/c20-12-7-8-13(15(21)9-12)19-22-16-6-2-4-11-3-1-5-14(18(11)16)17(23)10-24-19/h1-9,19,22H,10H2. The number of nitrogens with one attached hydrogen (secondary N) is 1. The topological polar surface area (TPSA) is 29.1 Å². The van der Waals surface area contributed by atoms with E-state index < -0.39 is 0 Å². The molecule has 0 saturated carbocycles. The van der Waals surface area contributed by atoms with Crippen LogP contribution >= 0.6 is 35.0 Å². The molecule has 1 unspecified atom stereocenters. The maximum atomic E-state index is 12.7. The SMILES string of the molecule is O=C1CSC(c2ccc(Cl)cc2Cl)Nc2cccc3cccc1c23. The lowest BCUT2D eigenvalue weighted by molar-refractivity contribution is 0.102. The molecular weight excluding hydrogens is 361 g/mol. The van der Waals surface area contributed by atoms with Gasteiger partial charge >= 0.3 is 0 Å². The number of rotatable bonds is 1. The molecule has 0 spiro atoms. The van der Waals surface area contributed by atoms with E-state index in [9.17, 15) is 4.79 Å². The molecule has 120 valence electrons. The van der Waals surface area contributed by atoms with Crippen LogP contribution < -0.4 is 5.32 Å². The second kappa shape index (κ2) is 6.32. The maximum Gasteiger partial charge on any atom is 0.173 e. The second-order valence-electron chi connectivity index (χ2n) is 5.63. The predicted octanol–water partition coefficient (Wildman–Crippen LogP) is 6.19. The van der Waals surface area contributed by atoms with E-state index in [1.54, 1.807) is 6.07 Å². The Morgan fingerprint density at radius 3 is 2.62 bits per heavy atom. The molecule has 0 saturated heterocycles. The van der Waals surface area contributed by atoms with Crippen LogP contribution in [-0.2, 0) is 0 Å². The van der Waals surface area contributed by atoms with Crippen molar-refractivity contribution in [2.45, 2.75) is 5.37 Å². The van der Waals surface area contributed by atoms with Gasteiger partial charge in [-0.15, -0.1) is 11.8 Å². The van der Waals surface area contributed by atoms with Crippen molar-refractivity contribution in [3.63, 3.8) is 0 Å². The Hall–Kier alpha value is -1.68. The van der Waals surface area contributed by atoms with Gasteiger partial charge in [0.05, 0.1) is 11.1 Å². The van der Waals surface area contributed by atoms with Crippen LogP contribution in [0.15, 0.2) is 54.6 Å². The zero-order valence-corrected chi connectivity index (χ0v) is 14.9. The van der Waals surface area contributed by atoms with Gasteiger partial charge in [-0.05, 0) is 23.6 Å². The van der Waals surface area contributed by atoms with E-state index in [1.807, 2.05) is 48.5 Å². The first-order chi connectivity index (χ1) is 11.6. The van der Waals surface area contributed by atoms with Gasteiger partial charge in [0.25, 0.3) is 0 Å². The van der Waals surface area contributed by atoms with E-state index in [2.05, 4.69) is 5.32 Å². The van der Waals surface area contributed by atoms with Crippen LogP contribution in [0.4, 0.5) is 5.69 Å². The van der Waals surface area contributed by atoms with E-state index in [0.29, 0.717) is 15.8 Å². The van der Waals surface area contributed by atoms with Gasteiger partial charge < -0.3 is 5.32 Å². The molecule has 1 aliphatic rings. The summed E-state index contributed by atoms with van der Waals surface area (Å²) in [7, 11) is 0. The summed E-state index contributed by atoms with van der Waals surface area (Å²) < 4.78 is 0. The molecule has 0 aromatic heterocycles. The number of benzene rings is 3. The maximum absolute atomic E-state index is 12.7. The Bertz CT molecular complexity index is 952. The molecule has 0 fully saturated rings. The average Bonchev–Trinajstić information content (AvgIpc) is 2.57. The number of halogens is 2. The van der Waals surface area contributed by atoms with Crippen LogP contribution in [0.25, 0.3) is 10.8 Å². The Morgan fingerprint density at radius 2 is 1.83 bits per heavy atom. The van der Waals surface area contributed by atoms with Crippen molar-refractivity contribution in [3.05, 3.63) is 75.8 Å². The molecule has 4 rings (SSSR count). The molecule has 3 aromatic rings. The van der Waals surface area contributed by atoms with Crippen molar-refractivity contribution in [3.8, 4) is 0 Å². The zero-order chi connectivity index (χ0) is 16.7. The van der Waals surface area contributed by atoms with Gasteiger partial charge in [-0.1, -0.05) is 59.6 Å². The van der Waals surface area contributed by atoms with E-state index >= 15 is 0 Å².